The van der Waals surface area contributed by atoms with Crippen molar-refractivity contribution >= 4 is 21.7 Å². The second-order valence-electron chi connectivity index (χ2n) is 4.65. The van der Waals surface area contributed by atoms with Gasteiger partial charge in [-0.3, -0.25) is 4.79 Å². The number of hydrogen-bond donors (Lipinski definition) is 0. The third-order valence-electron chi connectivity index (χ3n) is 3.05. The van der Waals surface area contributed by atoms with E-state index in [4.69, 9.17) is 0 Å². The van der Waals surface area contributed by atoms with Crippen LogP contribution in [0.5, 0.6) is 0 Å². The van der Waals surface area contributed by atoms with Gasteiger partial charge in [0.25, 0.3) is 0 Å². The Balaban J connectivity index is 2.30. The van der Waals surface area contributed by atoms with Crippen molar-refractivity contribution in [2.24, 2.45) is 0 Å². The Labute approximate surface area is 120 Å². The number of aryl methyl sites for hydroxylation is 2. The highest BCUT2D eigenvalue weighted by Gasteiger charge is 2.12. The SMILES string of the molecule is Cc1ccc(C)c(C(=O)Cc2cc(F)ccc2Br)c1. The molecule has 0 fully saturated rings. The van der Waals surface area contributed by atoms with Gasteiger partial charge in [0.05, 0.1) is 0 Å². The molecule has 0 aliphatic heterocycles. The largest absolute Gasteiger partial charge is 0.294 e. The molecular formula is C16H14BrFO. The number of hydrogen-bond acceptors (Lipinski definition) is 1. The Morgan fingerprint density at radius 3 is 2.63 bits per heavy atom. The molecule has 2 rings (SSSR count). The molecule has 0 bridgehead atoms. The molecule has 0 heterocycles. The number of carbonyl (C=O) groups is 1. The summed E-state index contributed by atoms with van der Waals surface area (Å²) >= 11 is 3.35. The predicted molar refractivity (Wildman–Crippen MR) is 78.1 cm³/mol. The highest BCUT2D eigenvalue weighted by Crippen LogP contribution is 2.21. The lowest BCUT2D eigenvalue weighted by Gasteiger charge is -2.08. The lowest BCUT2D eigenvalue weighted by Crippen LogP contribution is -2.07. The predicted octanol–water partition coefficient (Wildman–Crippen LogP) is 4.63. The van der Waals surface area contributed by atoms with Gasteiger partial charge >= 0.3 is 0 Å². The van der Waals surface area contributed by atoms with E-state index in [2.05, 4.69) is 15.9 Å². The zero-order chi connectivity index (χ0) is 14.0. The topological polar surface area (TPSA) is 17.1 Å². The standard InChI is InChI=1S/C16H14BrFO/c1-10-3-4-11(2)14(7-10)16(19)9-12-8-13(18)5-6-15(12)17/h3-8H,9H2,1-2H3. The first-order valence-corrected chi connectivity index (χ1v) is 6.81. The first-order chi connectivity index (χ1) is 8.97. The molecule has 2 aromatic carbocycles. The highest BCUT2D eigenvalue weighted by molar-refractivity contribution is 9.10. The van der Waals surface area contributed by atoms with Gasteiger partial charge in [-0.25, -0.2) is 4.39 Å². The highest BCUT2D eigenvalue weighted by atomic mass is 79.9. The van der Waals surface area contributed by atoms with Gasteiger partial charge in [0.2, 0.25) is 0 Å². The van der Waals surface area contributed by atoms with Crippen LogP contribution in [0.25, 0.3) is 0 Å². The minimum absolute atomic E-state index is 0.00694. The second-order valence-corrected chi connectivity index (χ2v) is 5.51. The quantitative estimate of drug-likeness (QED) is 0.753. The van der Waals surface area contributed by atoms with Crippen molar-refractivity contribution in [2.45, 2.75) is 20.3 Å². The van der Waals surface area contributed by atoms with Gasteiger partial charge in [-0.1, -0.05) is 33.6 Å². The number of ketones is 1. The molecule has 0 unspecified atom stereocenters. The number of carbonyl (C=O) groups excluding carboxylic acids is 1. The summed E-state index contributed by atoms with van der Waals surface area (Å²) in [4.78, 5) is 12.3. The lowest BCUT2D eigenvalue weighted by atomic mass is 9.97. The maximum atomic E-state index is 13.2. The van der Waals surface area contributed by atoms with E-state index >= 15 is 0 Å². The average molecular weight is 321 g/mol. The van der Waals surface area contributed by atoms with Gasteiger partial charge in [0.1, 0.15) is 5.82 Å². The van der Waals surface area contributed by atoms with Gasteiger partial charge < -0.3 is 0 Å². The summed E-state index contributed by atoms with van der Waals surface area (Å²) in [6.07, 6.45) is 0.197. The molecular weight excluding hydrogens is 307 g/mol. The van der Waals surface area contributed by atoms with Crippen LogP contribution in [-0.4, -0.2) is 5.78 Å². The Bertz CT molecular complexity index is 635. The van der Waals surface area contributed by atoms with Gasteiger partial charge in [-0.15, -0.1) is 0 Å². The summed E-state index contributed by atoms with van der Waals surface area (Å²) in [6, 6.07) is 10.2. The molecule has 98 valence electrons. The zero-order valence-corrected chi connectivity index (χ0v) is 12.4. The minimum atomic E-state index is -0.327. The van der Waals surface area contributed by atoms with Gasteiger partial charge in [0.15, 0.2) is 5.78 Å². The van der Waals surface area contributed by atoms with E-state index in [1.165, 1.54) is 12.1 Å². The second kappa shape index (κ2) is 5.66. The van der Waals surface area contributed by atoms with Crippen LogP contribution < -0.4 is 0 Å². The van der Waals surface area contributed by atoms with Crippen LogP contribution in [0.2, 0.25) is 0 Å². The van der Waals surface area contributed by atoms with Crippen LogP contribution in [0.15, 0.2) is 40.9 Å². The molecule has 0 aliphatic carbocycles. The zero-order valence-electron chi connectivity index (χ0n) is 10.8. The van der Waals surface area contributed by atoms with Gasteiger partial charge in [-0.05, 0) is 49.2 Å². The van der Waals surface area contributed by atoms with E-state index < -0.39 is 0 Å². The monoisotopic (exact) mass is 320 g/mol. The van der Waals surface area contributed by atoms with E-state index in [1.807, 2.05) is 32.0 Å². The Morgan fingerprint density at radius 1 is 1.16 bits per heavy atom. The molecule has 3 heteroatoms. The molecule has 0 spiro atoms. The number of benzene rings is 2. The van der Waals surface area contributed by atoms with E-state index in [-0.39, 0.29) is 18.0 Å². The Hall–Kier alpha value is -1.48. The van der Waals surface area contributed by atoms with Crippen molar-refractivity contribution in [3.8, 4) is 0 Å². The molecule has 0 amide bonds. The van der Waals surface area contributed by atoms with Crippen LogP contribution in [0.1, 0.15) is 27.0 Å². The summed E-state index contributed by atoms with van der Waals surface area (Å²) in [5.74, 6) is -0.320. The van der Waals surface area contributed by atoms with E-state index in [0.717, 1.165) is 15.6 Å². The number of halogens is 2. The molecule has 0 saturated carbocycles. The lowest BCUT2D eigenvalue weighted by molar-refractivity contribution is 0.0992. The average Bonchev–Trinajstić information content (AvgIpc) is 2.36. The van der Waals surface area contributed by atoms with Crippen molar-refractivity contribution in [1.82, 2.24) is 0 Å². The maximum Gasteiger partial charge on any atom is 0.167 e. The molecule has 0 saturated heterocycles. The molecule has 1 nitrogen and oxygen atoms in total. The van der Waals surface area contributed by atoms with Crippen LogP contribution in [0.3, 0.4) is 0 Å². The first-order valence-electron chi connectivity index (χ1n) is 6.02. The fourth-order valence-corrected chi connectivity index (χ4v) is 2.37. The summed E-state index contributed by atoms with van der Waals surface area (Å²) in [5, 5.41) is 0. The van der Waals surface area contributed by atoms with Crippen LogP contribution in [0, 0.1) is 19.7 Å². The first kappa shape index (κ1) is 13.9. The number of rotatable bonds is 3. The van der Waals surface area contributed by atoms with Crippen LogP contribution in [0.4, 0.5) is 4.39 Å². The molecule has 2 aromatic rings. The third kappa shape index (κ3) is 3.29. The summed E-state index contributed by atoms with van der Waals surface area (Å²) in [5.41, 5.74) is 3.37. The van der Waals surface area contributed by atoms with Gasteiger partial charge in [-0.2, -0.15) is 0 Å². The Kier molecular flexibility index (Phi) is 4.15. The Morgan fingerprint density at radius 2 is 1.89 bits per heavy atom. The summed E-state index contributed by atoms with van der Waals surface area (Å²) in [7, 11) is 0. The third-order valence-corrected chi connectivity index (χ3v) is 3.83. The van der Waals surface area contributed by atoms with Crippen molar-refractivity contribution in [3.05, 3.63) is 68.9 Å². The van der Waals surface area contributed by atoms with E-state index in [0.29, 0.717) is 11.1 Å². The van der Waals surface area contributed by atoms with Crippen molar-refractivity contribution in [1.29, 1.82) is 0 Å². The smallest absolute Gasteiger partial charge is 0.167 e. The van der Waals surface area contributed by atoms with Crippen LogP contribution in [-0.2, 0) is 6.42 Å². The molecule has 0 radical (unpaired) electrons. The summed E-state index contributed by atoms with van der Waals surface area (Å²) < 4.78 is 14.0. The van der Waals surface area contributed by atoms with E-state index in [1.54, 1.807) is 6.07 Å². The summed E-state index contributed by atoms with van der Waals surface area (Å²) in [6.45, 7) is 3.86. The number of Topliss-reactive ketones (excluding diaryl/α,β-unsaturated/α-hetero) is 1. The molecule has 0 atom stereocenters. The van der Waals surface area contributed by atoms with Crippen molar-refractivity contribution in [3.63, 3.8) is 0 Å². The molecule has 0 aromatic heterocycles. The fourth-order valence-electron chi connectivity index (χ4n) is 1.98. The maximum absolute atomic E-state index is 13.2. The minimum Gasteiger partial charge on any atom is -0.294 e. The fraction of sp³-hybridized carbons (Fsp3) is 0.188. The normalized spacial score (nSPS) is 10.5. The van der Waals surface area contributed by atoms with E-state index in [9.17, 15) is 9.18 Å². The van der Waals surface area contributed by atoms with Crippen molar-refractivity contribution in [2.75, 3.05) is 0 Å². The molecule has 0 aliphatic rings. The van der Waals surface area contributed by atoms with Crippen molar-refractivity contribution < 1.29 is 9.18 Å². The molecule has 0 N–H and O–H groups in total. The van der Waals surface area contributed by atoms with Crippen LogP contribution >= 0.6 is 15.9 Å². The molecule has 19 heavy (non-hydrogen) atoms. The van der Waals surface area contributed by atoms with Gasteiger partial charge in [0, 0.05) is 16.5 Å².